The summed E-state index contributed by atoms with van der Waals surface area (Å²) < 4.78 is 0. The van der Waals surface area contributed by atoms with E-state index in [1.165, 1.54) is 5.56 Å². The quantitative estimate of drug-likeness (QED) is 0.769. The second-order valence-corrected chi connectivity index (χ2v) is 6.93. The predicted molar refractivity (Wildman–Crippen MR) is 81.9 cm³/mol. The second kappa shape index (κ2) is 5.87. The van der Waals surface area contributed by atoms with Gasteiger partial charge in [-0.05, 0) is 44.4 Å². The molecule has 0 amide bonds. The summed E-state index contributed by atoms with van der Waals surface area (Å²) in [7, 11) is 2.02. The fraction of sp³-hybridized carbons (Fsp3) is 0.588. The molecule has 0 N–H and O–H groups in total. The van der Waals surface area contributed by atoms with Gasteiger partial charge in [0.2, 0.25) is 0 Å². The molecule has 0 spiro atoms. The molecule has 0 aliphatic carbocycles. The summed E-state index contributed by atoms with van der Waals surface area (Å²) in [6, 6.07) is 4.17. The molecule has 2 heteroatoms. The third-order valence-corrected chi connectivity index (χ3v) is 3.11. The normalized spacial score (nSPS) is 12.0. The average molecular weight is 261 g/mol. The number of carbonyl (C=O) groups is 1. The highest BCUT2D eigenvalue weighted by molar-refractivity contribution is 6.00. The van der Waals surface area contributed by atoms with Gasteiger partial charge in [0, 0.05) is 12.1 Å². The van der Waals surface area contributed by atoms with Gasteiger partial charge in [0.1, 0.15) is 0 Å². The van der Waals surface area contributed by atoms with E-state index >= 15 is 0 Å². The SMILES string of the molecule is Cc1cc(C)c(C(=O)CN(C)CC(C)(C)C)c(C)c1. The molecule has 0 bridgehead atoms. The number of hydrogen-bond acceptors (Lipinski definition) is 2. The van der Waals surface area contributed by atoms with Crippen LogP contribution in [0.5, 0.6) is 0 Å². The lowest BCUT2D eigenvalue weighted by molar-refractivity contribution is 0.0926. The number of aryl methyl sites for hydroxylation is 3. The Bertz CT molecular complexity index is 446. The molecule has 0 fully saturated rings. The molecule has 0 heterocycles. The maximum absolute atomic E-state index is 12.5. The van der Waals surface area contributed by atoms with Crippen molar-refractivity contribution >= 4 is 5.78 Å². The van der Waals surface area contributed by atoms with Gasteiger partial charge in [0.15, 0.2) is 5.78 Å². The smallest absolute Gasteiger partial charge is 0.177 e. The lowest BCUT2D eigenvalue weighted by atomic mass is 9.94. The van der Waals surface area contributed by atoms with Crippen LogP contribution in [0, 0.1) is 26.2 Å². The summed E-state index contributed by atoms with van der Waals surface area (Å²) in [6.45, 7) is 14.1. The summed E-state index contributed by atoms with van der Waals surface area (Å²) in [6.07, 6.45) is 0. The van der Waals surface area contributed by atoms with Crippen molar-refractivity contribution in [2.24, 2.45) is 5.41 Å². The number of Topliss-reactive ketones (excluding diaryl/α,β-unsaturated/α-hetero) is 1. The fourth-order valence-corrected chi connectivity index (χ4v) is 2.81. The van der Waals surface area contributed by atoms with Gasteiger partial charge in [-0.2, -0.15) is 0 Å². The Morgan fingerprint density at radius 3 is 2.00 bits per heavy atom. The molecule has 0 aliphatic heterocycles. The number of hydrogen-bond donors (Lipinski definition) is 0. The third-order valence-electron chi connectivity index (χ3n) is 3.11. The van der Waals surface area contributed by atoms with Crippen LogP contribution in [-0.4, -0.2) is 30.8 Å². The first kappa shape index (κ1) is 15.9. The van der Waals surface area contributed by atoms with Crippen LogP contribution < -0.4 is 0 Å². The number of rotatable bonds is 4. The summed E-state index contributed by atoms with van der Waals surface area (Å²) in [5.74, 6) is 0.224. The van der Waals surface area contributed by atoms with E-state index in [0.29, 0.717) is 6.54 Å². The maximum atomic E-state index is 12.5. The van der Waals surface area contributed by atoms with E-state index in [2.05, 4.69) is 44.7 Å². The highest BCUT2D eigenvalue weighted by Crippen LogP contribution is 2.19. The minimum absolute atomic E-state index is 0.215. The lowest BCUT2D eigenvalue weighted by Gasteiger charge is -2.26. The maximum Gasteiger partial charge on any atom is 0.177 e. The fourth-order valence-electron chi connectivity index (χ4n) is 2.81. The Hall–Kier alpha value is -1.15. The van der Waals surface area contributed by atoms with Crippen molar-refractivity contribution < 1.29 is 4.79 Å². The summed E-state index contributed by atoms with van der Waals surface area (Å²) in [5, 5.41) is 0. The van der Waals surface area contributed by atoms with Gasteiger partial charge in [0.05, 0.1) is 6.54 Å². The van der Waals surface area contributed by atoms with Crippen LogP contribution in [0.4, 0.5) is 0 Å². The van der Waals surface area contributed by atoms with Gasteiger partial charge in [-0.25, -0.2) is 0 Å². The third kappa shape index (κ3) is 4.79. The predicted octanol–water partition coefficient (Wildman–Crippen LogP) is 3.77. The Labute approximate surface area is 117 Å². The number of likely N-dealkylation sites (N-methyl/N-ethyl adjacent to an activating group) is 1. The zero-order chi connectivity index (χ0) is 14.8. The number of ketones is 1. The van der Waals surface area contributed by atoms with Crippen molar-refractivity contribution in [1.29, 1.82) is 0 Å². The van der Waals surface area contributed by atoms with Crippen LogP contribution in [0.15, 0.2) is 12.1 Å². The van der Waals surface area contributed by atoms with E-state index in [4.69, 9.17) is 0 Å². The summed E-state index contributed by atoms with van der Waals surface area (Å²) in [4.78, 5) is 14.6. The molecule has 1 aromatic carbocycles. The van der Waals surface area contributed by atoms with Gasteiger partial charge < -0.3 is 0 Å². The van der Waals surface area contributed by atoms with Crippen LogP contribution >= 0.6 is 0 Å². The minimum atomic E-state index is 0.215. The molecule has 0 unspecified atom stereocenters. The first-order chi connectivity index (χ1) is 8.60. The van der Waals surface area contributed by atoms with Crippen LogP contribution in [-0.2, 0) is 0 Å². The van der Waals surface area contributed by atoms with E-state index in [1.54, 1.807) is 0 Å². The van der Waals surface area contributed by atoms with Gasteiger partial charge in [-0.3, -0.25) is 9.69 Å². The van der Waals surface area contributed by atoms with Crippen molar-refractivity contribution in [3.05, 3.63) is 34.4 Å². The van der Waals surface area contributed by atoms with E-state index in [0.717, 1.165) is 23.2 Å². The lowest BCUT2D eigenvalue weighted by Crippen LogP contribution is -2.33. The van der Waals surface area contributed by atoms with E-state index in [9.17, 15) is 4.79 Å². The zero-order valence-electron chi connectivity index (χ0n) is 13.4. The topological polar surface area (TPSA) is 20.3 Å². The van der Waals surface area contributed by atoms with E-state index in [1.807, 2.05) is 20.9 Å². The molecule has 0 radical (unpaired) electrons. The number of carbonyl (C=O) groups excluding carboxylic acids is 1. The van der Waals surface area contributed by atoms with E-state index in [-0.39, 0.29) is 11.2 Å². The highest BCUT2D eigenvalue weighted by Gasteiger charge is 2.18. The van der Waals surface area contributed by atoms with Crippen molar-refractivity contribution in [2.45, 2.75) is 41.5 Å². The molecular weight excluding hydrogens is 234 g/mol. The minimum Gasteiger partial charge on any atom is -0.298 e. The Kier molecular flexibility index (Phi) is 4.92. The Morgan fingerprint density at radius 1 is 1.11 bits per heavy atom. The monoisotopic (exact) mass is 261 g/mol. The van der Waals surface area contributed by atoms with Gasteiger partial charge in [0.25, 0.3) is 0 Å². The molecule has 19 heavy (non-hydrogen) atoms. The van der Waals surface area contributed by atoms with Crippen LogP contribution in [0.2, 0.25) is 0 Å². The van der Waals surface area contributed by atoms with Crippen molar-refractivity contribution in [1.82, 2.24) is 4.90 Å². The standard InChI is InChI=1S/C17H27NO/c1-12-8-13(2)16(14(3)9-12)15(19)10-18(7)11-17(4,5)6/h8-9H,10-11H2,1-7H3. The largest absolute Gasteiger partial charge is 0.298 e. The van der Waals surface area contributed by atoms with Crippen molar-refractivity contribution in [3.63, 3.8) is 0 Å². The van der Waals surface area contributed by atoms with Crippen molar-refractivity contribution in [2.75, 3.05) is 20.1 Å². The molecule has 1 rings (SSSR count). The summed E-state index contributed by atoms with van der Waals surface area (Å²) in [5.41, 5.74) is 4.51. The first-order valence-electron chi connectivity index (χ1n) is 6.90. The average Bonchev–Trinajstić information content (AvgIpc) is 2.10. The molecule has 106 valence electrons. The molecule has 0 saturated heterocycles. The molecule has 1 aromatic rings. The van der Waals surface area contributed by atoms with Gasteiger partial charge in [-0.15, -0.1) is 0 Å². The van der Waals surface area contributed by atoms with Gasteiger partial charge >= 0.3 is 0 Å². The molecule has 0 aromatic heterocycles. The Morgan fingerprint density at radius 2 is 1.58 bits per heavy atom. The van der Waals surface area contributed by atoms with Crippen LogP contribution in [0.3, 0.4) is 0 Å². The first-order valence-corrected chi connectivity index (χ1v) is 6.90. The zero-order valence-corrected chi connectivity index (χ0v) is 13.4. The molecular formula is C17H27NO. The van der Waals surface area contributed by atoms with Crippen LogP contribution in [0.1, 0.15) is 47.8 Å². The highest BCUT2D eigenvalue weighted by atomic mass is 16.1. The van der Waals surface area contributed by atoms with E-state index < -0.39 is 0 Å². The molecule has 0 saturated carbocycles. The number of benzene rings is 1. The number of nitrogens with zero attached hydrogens (tertiary/aromatic N) is 1. The van der Waals surface area contributed by atoms with Gasteiger partial charge in [-0.1, -0.05) is 38.5 Å². The van der Waals surface area contributed by atoms with Crippen LogP contribution in [0.25, 0.3) is 0 Å². The van der Waals surface area contributed by atoms with Crippen molar-refractivity contribution in [3.8, 4) is 0 Å². The summed E-state index contributed by atoms with van der Waals surface area (Å²) >= 11 is 0. The molecule has 0 atom stereocenters. The second-order valence-electron chi connectivity index (χ2n) is 6.93. The molecule has 2 nitrogen and oxygen atoms in total. The Balaban J connectivity index is 2.85. The molecule has 0 aliphatic rings.